The van der Waals surface area contributed by atoms with Gasteiger partial charge in [0.15, 0.2) is 11.6 Å². The van der Waals surface area contributed by atoms with Crippen LogP contribution in [0.15, 0.2) is 71.1 Å². The Bertz CT molecular complexity index is 607. The van der Waals surface area contributed by atoms with Crippen LogP contribution in [0.5, 0.6) is 0 Å². The molecule has 2 rings (SSSR count). The van der Waals surface area contributed by atoms with Crippen molar-refractivity contribution in [3.8, 4) is 0 Å². The summed E-state index contributed by atoms with van der Waals surface area (Å²) in [7, 11) is 0. The standard InChI is InChI=1S/C18H20N2O2.Cu/c1-13-3-5-17(21)15(9-13)11-19-7-8-20-12-16-10-14(2)4-6-18(16)22;/h3-6,9-12,19-20H,7-8H2,1-2H3;. The third kappa shape index (κ3) is 5.89. The first kappa shape index (κ1) is 18.9. The minimum absolute atomic E-state index is 0. The molecule has 0 atom stereocenters. The normalized spacial score (nSPS) is 20.3. The monoisotopic (exact) mass is 359 g/mol. The van der Waals surface area contributed by atoms with E-state index in [1.54, 1.807) is 36.7 Å². The van der Waals surface area contributed by atoms with Gasteiger partial charge in [0.2, 0.25) is 0 Å². The molecule has 0 bridgehead atoms. The summed E-state index contributed by atoms with van der Waals surface area (Å²) >= 11 is 0. The molecule has 2 aliphatic carbocycles. The molecule has 23 heavy (non-hydrogen) atoms. The largest absolute Gasteiger partial charge is 0.389 e. The SMILES string of the molecule is CC1=CC(=CNCCNC=C2C=C(C)C=CC2=O)C(=O)C=C1.[Cu]. The summed E-state index contributed by atoms with van der Waals surface area (Å²) in [5.41, 5.74) is 3.43. The van der Waals surface area contributed by atoms with Crippen LogP contribution in [0.1, 0.15) is 13.8 Å². The van der Waals surface area contributed by atoms with Crippen LogP contribution in [0, 0.1) is 0 Å². The molecule has 5 heteroatoms. The van der Waals surface area contributed by atoms with E-state index in [0.717, 1.165) is 11.1 Å². The molecule has 125 valence electrons. The van der Waals surface area contributed by atoms with E-state index in [1.807, 2.05) is 26.0 Å². The summed E-state index contributed by atoms with van der Waals surface area (Å²) in [6, 6.07) is 0. The molecule has 2 aliphatic rings. The van der Waals surface area contributed by atoms with E-state index in [9.17, 15) is 9.59 Å². The molecule has 0 aliphatic heterocycles. The van der Waals surface area contributed by atoms with Crippen molar-refractivity contribution in [2.75, 3.05) is 13.1 Å². The van der Waals surface area contributed by atoms with Crippen molar-refractivity contribution >= 4 is 11.6 Å². The molecule has 0 heterocycles. The smallest absolute Gasteiger partial charge is 0.187 e. The van der Waals surface area contributed by atoms with Gasteiger partial charge in [-0.25, -0.2) is 0 Å². The molecular formula is C18H20CuN2O2. The second-order valence-electron chi connectivity index (χ2n) is 5.28. The van der Waals surface area contributed by atoms with Gasteiger partial charge in [0.1, 0.15) is 0 Å². The molecule has 0 saturated carbocycles. The van der Waals surface area contributed by atoms with Gasteiger partial charge in [-0.15, -0.1) is 0 Å². The molecule has 1 radical (unpaired) electrons. The molecule has 0 aromatic carbocycles. The maximum Gasteiger partial charge on any atom is 0.187 e. The third-order valence-corrected chi connectivity index (χ3v) is 3.26. The van der Waals surface area contributed by atoms with E-state index < -0.39 is 0 Å². The topological polar surface area (TPSA) is 58.2 Å². The van der Waals surface area contributed by atoms with E-state index in [4.69, 9.17) is 0 Å². The van der Waals surface area contributed by atoms with Crippen molar-refractivity contribution < 1.29 is 26.7 Å². The summed E-state index contributed by atoms with van der Waals surface area (Å²) in [6.07, 6.45) is 13.9. The molecular weight excluding hydrogens is 340 g/mol. The molecule has 0 aromatic rings. The summed E-state index contributed by atoms with van der Waals surface area (Å²) in [5.74, 6) is 0.0155. The van der Waals surface area contributed by atoms with Crippen LogP contribution < -0.4 is 10.6 Å². The Morgan fingerprint density at radius 1 is 0.783 bits per heavy atom. The first-order valence-electron chi connectivity index (χ1n) is 7.25. The number of carbonyl (C=O) groups excluding carboxylic acids is 2. The quantitative estimate of drug-likeness (QED) is 0.448. The molecule has 0 amide bonds. The molecule has 0 saturated heterocycles. The zero-order chi connectivity index (χ0) is 15.9. The van der Waals surface area contributed by atoms with Gasteiger partial charge in [-0.05, 0) is 38.2 Å². The number of ketones is 2. The molecule has 2 N–H and O–H groups in total. The maximum absolute atomic E-state index is 11.6. The minimum Gasteiger partial charge on any atom is -0.389 e. The zero-order valence-corrected chi connectivity index (χ0v) is 14.1. The Kier molecular flexibility index (Phi) is 7.52. The number of carbonyl (C=O) groups is 2. The van der Waals surface area contributed by atoms with Gasteiger partial charge < -0.3 is 10.6 Å². The van der Waals surface area contributed by atoms with E-state index >= 15 is 0 Å². The predicted molar refractivity (Wildman–Crippen MR) is 88.0 cm³/mol. The Labute approximate surface area is 147 Å². The fraction of sp³-hybridized carbons (Fsp3) is 0.222. The molecule has 0 aromatic heterocycles. The Morgan fingerprint density at radius 2 is 1.17 bits per heavy atom. The fourth-order valence-electron chi connectivity index (χ4n) is 2.07. The van der Waals surface area contributed by atoms with E-state index in [1.165, 1.54) is 0 Å². The van der Waals surface area contributed by atoms with Crippen LogP contribution >= 0.6 is 0 Å². The van der Waals surface area contributed by atoms with Gasteiger partial charge in [-0.1, -0.05) is 23.3 Å². The predicted octanol–water partition coefficient (Wildman–Crippen LogP) is 2.10. The second-order valence-corrected chi connectivity index (χ2v) is 5.28. The summed E-state index contributed by atoms with van der Waals surface area (Å²) in [6.45, 7) is 5.22. The molecule has 0 unspecified atom stereocenters. The van der Waals surface area contributed by atoms with Gasteiger partial charge in [-0.3, -0.25) is 9.59 Å². The van der Waals surface area contributed by atoms with E-state index in [0.29, 0.717) is 24.2 Å². The second kappa shape index (κ2) is 9.13. The van der Waals surface area contributed by atoms with Gasteiger partial charge >= 0.3 is 0 Å². The van der Waals surface area contributed by atoms with Crippen LogP contribution in [0.3, 0.4) is 0 Å². The Morgan fingerprint density at radius 3 is 1.57 bits per heavy atom. The third-order valence-electron chi connectivity index (χ3n) is 3.26. The van der Waals surface area contributed by atoms with Crippen molar-refractivity contribution in [1.82, 2.24) is 10.6 Å². The van der Waals surface area contributed by atoms with E-state index in [-0.39, 0.29) is 28.6 Å². The average Bonchev–Trinajstić information content (AvgIpc) is 2.49. The summed E-state index contributed by atoms with van der Waals surface area (Å²) in [4.78, 5) is 23.2. The maximum atomic E-state index is 11.6. The first-order valence-corrected chi connectivity index (χ1v) is 7.25. The van der Waals surface area contributed by atoms with Gasteiger partial charge in [0.05, 0.1) is 0 Å². The molecule has 0 fully saturated rings. The Balaban J connectivity index is 0.00000264. The van der Waals surface area contributed by atoms with Crippen molar-refractivity contribution in [1.29, 1.82) is 0 Å². The van der Waals surface area contributed by atoms with Crippen molar-refractivity contribution in [3.63, 3.8) is 0 Å². The number of hydrogen-bond donors (Lipinski definition) is 2. The number of rotatable bonds is 5. The van der Waals surface area contributed by atoms with Gasteiger partial charge in [0.25, 0.3) is 0 Å². The summed E-state index contributed by atoms with van der Waals surface area (Å²) in [5, 5.41) is 6.19. The van der Waals surface area contributed by atoms with Crippen LogP contribution in [0.25, 0.3) is 0 Å². The van der Waals surface area contributed by atoms with Crippen molar-refractivity contribution in [2.45, 2.75) is 13.8 Å². The molecule has 0 spiro atoms. The first-order chi connectivity index (χ1) is 10.6. The van der Waals surface area contributed by atoms with Crippen molar-refractivity contribution in [3.05, 3.63) is 71.1 Å². The van der Waals surface area contributed by atoms with Crippen LogP contribution in [-0.2, 0) is 26.7 Å². The fourth-order valence-corrected chi connectivity index (χ4v) is 2.07. The number of nitrogens with one attached hydrogen (secondary N) is 2. The van der Waals surface area contributed by atoms with Gasteiger partial charge in [-0.2, -0.15) is 0 Å². The van der Waals surface area contributed by atoms with Crippen LogP contribution in [0.2, 0.25) is 0 Å². The Hall–Kier alpha value is -2.10. The summed E-state index contributed by atoms with van der Waals surface area (Å²) < 4.78 is 0. The zero-order valence-electron chi connectivity index (χ0n) is 13.2. The van der Waals surface area contributed by atoms with Gasteiger partial charge in [0, 0.05) is 53.7 Å². The number of allylic oxidation sites excluding steroid dienone is 10. The van der Waals surface area contributed by atoms with Crippen LogP contribution in [-0.4, -0.2) is 24.7 Å². The number of hydrogen-bond acceptors (Lipinski definition) is 4. The van der Waals surface area contributed by atoms with E-state index in [2.05, 4.69) is 10.6 Å². The van der Waals surface area contributed by atoms with Crippen molar-refractivity contribution in [2.24, 2.45) is 0 Å². The minimum atomic E-state index is 0. The van der Waals surface area contributed by atoms with Crippen LogP contribution in [0.4, 0.5) is 0 Å². The molecule has 4 nitrogen and oxygen atoms in total. The average molecular weight is 360 g/mol.